The molecule has 0 atom stereocenters. The highest BCUT2D eigenvalue weighted by atomic mass is 19.1. The SMILES string of the molecule is Cc1nn(-c2ccc(F)cc2)c(C)c1C(=O)Nc1cccc(OCc2ccccn2)c1. The van der Waals surface area contributed by atoms with Crippen LogP contribution >= 0.6 is 0 Å². The monoisotopic (exact) mass is 416 g/mol. The van der Waals surface area contributed by atoms with Crippen molar-refractivity contribution in [3.05, 3.63) is 101 Å². The molecule has 7 heteroatoms. The molecule has 4 aromatic rings. The van der Waals surface area contributed by atoms with Gasteiger partial charge in [0.1, 0.15) is 18.2 Å². The summed E-state index contributed by atoms with van der Waals surface area (Å²) < 4.78 is 20.6. The van der Waals surface area contributed by atoms with Crippen LogP contribution in [0, 0.1) is 19.7 Å². The number of ether oxygens (including phenoxy) is 1. The summed E-state index contributed by atoms with van der Waals surface area (Å²) in [6.45, 7) is 3.92. The first kappa shape index (κ1) is 20.3. The van der Waals surface area contributed by atoms with Gasteiger partial charge >= 0.3 is 0 Å². The zero-order valence-electron chi connectivity index (χ0n) is 17.2. The van der Waals surface area contributed by atoms with E-state index in [0.717, 1.165) is 5.69 Å². The number of aromatic nitrogens is 3. The topological polar surface area (TPSA) is 69.0 Å². The average Bonchev–Trinajstić information content (AvgIpc) is 3.08. The second kappa shape index (κ2) is 8.79. The second-order valence-corrected chi connectivity index (χ2v) is 7.03. The van der Waals surface area contributed by atoms with Gasteiger partial charge in [-0.05, 0) is 62.4 Å². The quantitative estimate of drug-likeness (QED) is 0.488. The molecule has 6 nitrogen and oxygen atoms in total. The van der Waals surface area contributed by atoms with Crippen LogP contribution in [-0.2, 0) is 6.61 Å². The number of halogens is 1. The van der Waals surface area contributed by atoms with E-state index in [1.165, 1.54) is 12.1 Å². The van der Waals surface area contributed by atoms with Crippen molar-refractivity contribution in [3.8, 4) is 11.4 Å². The lowest BCUT2D eigenvalue weighted by Gasteiger charge is -2.10. The summed E-state index contributed by atoms with van der Waals surface area (Å²) in [5.41, 5.74) is 3.84. The van der Waals surface area contributed by atoms with Crippen molar-refractivity contribution in [3.63, 3.8) is 0 Å². The van der Waals surface area contributed by atoms with Gasteiger partial charge in [0.2, 0.25) is 0 Å². The summed E-state index contributed by atoms with van der Waals surface area (Å²) in [5, 5.41) is 7.36. The van der Waals surface area contributed by atoms with E-state index in [4.69, 9.17) is 4.74 Å². The molecular formula is C24H21FN4O2. The van der Waals surface area contributed by atoms with Crippen LogP contribution in [0.5, 0.6) is 5.75 Å². The van der Waals surface area contributed by atoms with Crippen molar-refractivity contribution in [2.24, 2.45) is 0 Å². The molecule has 0 aliphatic rings. The Labute approximate surface area is 179 Å². The fourth-order valence-corrected chi connectivity index (χ4v) is 3.30. The lowest BCUT2D eigenvalue weighted by atomic mass is 10.1. The number of carbonyl (C=O) groups is 1. The van der Waals surface area contributed by atoms with E-state index in [-0.39, 0.29) is 11.7 Å². The Morgan fingerprint density at radius 1 is 1.06 bits per heavy atom. The predicted octanol–water partition coefficient (Wildman–Crippen LogP) is 4.85. The normalized spacial score (nSPS) is 10.7. The zero-order valence-corrected chi connectivity index (χ0v) is 17.2. The summed E-state index contributed by atoms with van der Waals surface area (Å²) in [4.78, 5) is 17.2. The third-order valence-electron chi connectivity index (χ3n) is 4.79. The molecule has 2 aromatic heterocycles. The minimum atomic E-state index is -0.326. The first-order valence-electron chi connectivity index (χ1n) is 9.77. The molecule has 2 aromatic carbocycles. The lowest BCUT2D eigenvalue weighted by molar-refractivity contribution is 0.102. The number of pyridine rings is 1. The highest BCUT2D eigenvalue weighted by Gasteiger charge is 2.19. The van der Waals surface area contributed by atoms with Gasteiger partial charge in [-0.3, -0.25) is 9.78 Å². The van der Waals surface area contributed by atoms with Gasteiger partial charge in [-0.15, -0.1) is 0 Å². The summed E-state index contributed by atoms with van der Waals surface area (Å²) in [6, 6.07) is 18.8. The van der Waals surface area contributed by atoms with E-state index in [0.29, 0.717) is 40.7 Å². The van der Waals surface area contributed by atoms with Crippen LogP contribution < -0.4 is 10.1 Å². The minimum Gasteiger partial charge on any atom is -0.487 e. The first-order chi connectivity index (χ1) is 15.0. The predicted molar refractivity (Wildman–Crippen MR) is 116 cm³/mol. The number of carbonyl (C=O) groups excluding carboxylic acids is 1. The molecule has 0 aliphatic heterocycles. The van der Waals surface area contributed by atoms with Crippen molar-refractivity contribution >= 4 is 11.6 Å². The van der Waals surface area contributed by atoms with E-state index in [2.05, 4.69) is 15.4 Å². The highest BCUT2D eigenvalue weighted by Crippen LogP contribution is 2.22. The molecular weight excluding hydrogens is 395 g/mol. The number of nitrogens with zero attached hydrogens (tertiary/aromatic N) is 3. The largest absolute Gasteiger partial charge is 0.487 e. The fourth-order valence-electron chi connectivity index (χ4n) is 3.30. The standard InChI is InChI=1S/C24H21FN4O2/c1-16-23(17(2)29(28-16)21-11-9-18(25)10-12-21)24(30)27-19-7-5-8-22(14-19)31-15-20-6-3-4-13-26-20/h3-14H,15H2,1-2H3,(H,27,30). The number of anilines is 1. The molecule has 0 saturated heterocycles. The Balaban J connectivity index is 1.50. The maximum absolute atomic E-state index is 13.2. The molecule has 0 radical (unpaired) electrons. The zero-order chi connectivity index (χ0) is 21.8. The number of rotatable bonds is 6. The van der Waals surface area contributed by atoms with E-state index in [9.17, 15) is 9.18 Å². The number of aryl methyl sites for hydroxylation is 1. The van der Waals surface area contributed by atoms with Crippen LogP contribution in [0.15, 0.2) is 72.9 Å². The second-order valence-electron chi connectivity index (χ2n) is 7.03. The van der Waals surface area contributed by atoms with E-state index in [1.807, 2.05) is 37.3 Å². The Morgan fingerprint density at radius 3 is 2.61 bits per heavy atom. The maximum Gasteiger partial charge on any atom is 0.259 e. The van der Waals surface area contributed by atoms with Gasteiger partial charge in [0.05, 0.1) is 28.3 Å². The summed E-state index contributed by atoms with van der Waals surface area (Å²) in [7, 11) is 0. The average molecular weight is 416 g/mol. The number of benzene rings is 2. The highest BCUT2D eigenvalue weighted by molar-refractivity contribution is 6.06. The number of amides is 1. The maximum atomic E-state index is 13.2. The van der Waals surface area contributed by atoms with Crippen LogP contribution in [0.1, 0.15) is 27.4 Å². The van der Waals surface area contributed by atoms with Crippen LogP contribution in [-0.4, -0.2) is 20.7 Å². The fraction of sp³-hybridized carbons (Fsp3) is 0.125. The first-order valence-corrected chi connectivity index (χ1v) is 9.77. The van der Waals surface area contributed by atoms with Crippen molar-refractivity contribution in [1.82, 2.24) is 14.8 Å². The molecule has 2 heterocycles. The molecule has 0 unspecified atom stereocenters. The number of nitrogens with one attached hydrogen (secondary N) is 1. The molecule has 0 fully saturated rings. The van der Waals surface area contributed by atoms with Gasteiger partial charge < -0.3 is 10.1 Å². The molecule has 0 bridgehead atoms. The van der Waals surface area contributed by atoms with E-state index in [1.54, 1.807) is 42.1 Å². The Morgan fingerprint density at radius 2 is 1.87 bits per heavy atom. The lowest BCUT2D eigenvalue weighted by Crippen LogP contribution is -2.14. The molecule has 0 saturated carbocycles. The van der Waals surface area contributed by atoms with Crippen LogP contribution in [0.3, 0.4) is 0 Å². The Bertz CT molecular complexity index is 1200. The van der Waals surface area contributed by atoms with Crippen molar-refractivity contribution in [1.29, 1.82) is 0 Å². The minimum absolute atomic E-state index is 0.273. The summed E-state index contributed by atoms with van der Waals surface area (Å²) >= 11 is 0. The van der Waals surface area contributed by atoms with Crippen LogP contribution in [0.25, 0.3) is 5.69 Å². The Kier molecular flexibility index (Phi) is 5.75. The summed E-state index contributed by atoms with van der Waals surface area (Å²) in [6.07, 6.45) is 1.71. The molecule has 1 N–H and O–H groups in total. The molecule has 0 spiro atoms. The van der Waals surface area contributed by atoms with E-state index < -0.39 is 0 Å². The smallest absolute Gasteiger partial charge is 0.259 e. The molecule has 156 valence electrons. The van der Waals surface area contributed by atoms with Crippen LogP contribution in [0.2, 0.25) is 0 Å². The van der Waals surface area contributed by atoms with Crippen molar-refractivity contribution in [2.45, 2.75) is 20.5 Å². The molecule has 31 heavy (non-hydrogen) atoms. The molecule has 4 rings (SSSR count). The van der Waals surface area contributed by atoms with E-state index >= 15 is 0 Å². The number of hydrogen-bond acceptors (Lipinski definition) is 4. The summed E-state index contributed by atoms with van der Waals surface area (Å²) in [5.74, 6) is 0.0255. The molecule has 0 aliphatic carbocycles. The van der Waals surface area contributed by atoms with Gasteiger partial charge in [0, 0.05) is 18.0 Å². The van der Waals surface area contributed by atoms with Gasteiger partial charge in [-0.25, -0.2) is 9.07 Å². The van der Waals surface area contributed by atoms with Gasteiger partial charge in [0.25, 0.3) is 5.91 Å². The third-order valence-corrected chi connectivity index (χ3v) is 4.79. The molecule has 1 amide bonds. The van der Waals surface area contributed by atoms with Crippen LogP contribution in [0.4, 0.5) is 10.1 Å². The Hall–Kier alpha value is -4.00. The van der Waals surface area contributed by atoms with Crippen molar-refractivity contribution < 1.29 is 13.9 Å². The third kappa shape index (κ3) is 4.61. The van der Waals surface area contributed by atoms with Gasteiger partial charge in [-0.1, -0.05) is 12.1 Å². The van der Waals surface area contributed by atoms with Crippen molar-refractivity contribution in [2.75, 3.05) is 5.32 Å². The number of hydrogen-bond donors (Lipinski definition) is 1. The van der Waals surface area contributed by atoms with Gasteiger partial charge in [0.15, 0.2) is 0 Å². The van der Waals surface area contributed by atoms with Gasteiger partial charge in [-0.2, -0.15) is 5.10 Å².